The molecule has 0 radical (unpaired) electrons. The van der Waals surface area contributed by atoms with Crippen molar-refractivity contribution in [2.24, 2.45) is 0 Å². The molecule has 2 fully saturated rings. The van der Waals surface area contributed by atoms with Gasteiger partial charge in [-0.05, 0) is 43.2 Å². The number of carbonyl (C=O) groups is 1. The van der Waals surface area contributed by atoms with Crippen molar-refractivity contribution >= 4 is 11.5 Å². The Morgan fingerprint density at radius 3 is 2.63 bits per heavy atom. The van der Waals surface area contributed by atoms with Crippen molar-refractivity contribution in [2.75, 3.05) is 6.54 Å². The molecule has 0 aromatic heterocycles. The number of amides is 1. The maximum absolute atomic E-state index is 12.8. The zero-order chi connectivity index (χ0) is 12.9. The minimum absolute atomic E-state index is 0.112. The third-order valence-corrected chi connectivity index (χ3v) is 5.14. The molecule has 1 spiro atoms. The number of carbonyl (C=O) groups excluding carboxylic acids is 1. The normalized spacial score (nSPS) is 29.7. The molecule has 1 unspecified atom stereocenters. The first kappa shape index (κ1) is 11.3. The largest absolute Gasteiger partial charge is 0.329 e. The van der Waals surface area contributed by atoms with Gasteiger partial charge < -0.3 is 4.90 Å². The van der Waals surface area contributed by atoms with Crippen LogP contribution in [0.3, 0.4) is 0 Å². The van der Waals surface area contributed by atoms with E-state index in [9.17, 15) is 4.79 Å². The van der Waals surface area contributed by atoms with E-state index in [1.807, 2.05) is 18.2 Å². The molecule has 0 bridgehead atoms. The zero-order valence-electron chi connectivity index (χ0n) is 11.2. The standard InChI is InChI=1S/C17H19NO/c19-16-15(13-7-2-1-3-8-13)14-9-4-5-10-17(14)11-6-12-18(16)17/h1-3,7-8H,4-6,9-12H2. The molecule has 0 N–H and O–H groups in total. The molecule has 19 heavy (non-hydrogen) atoms. The van der Waals surface area contributed by atoms with Crippen LogP contribution in [0.4, 0.5) is 0 Å². The molecule has 1 aromatic carbocycles. The summed E-state index contributed by atoms with van der Waals surface area (Å²) in [5.41, 5.74) is 3.71. The number of hydrogen-bond donors (Lipinski definition) is 0. The van der Waals surface area contributed by atoms with Gasteiger partial charge >= 0.3 is 0 Å². The smallest absolute Gasteiger partial charge is 0.255 e. The van der Waals surface area contributed by atoms with Gasteiger partial charge in [-0.1, -0.05) is 36.8 Å². The highest BCUT2D eigenvalue weighted by molar-refractivity contribution is 6.23. The lowest BCUT2D eigenvalue weighted by Crippen LogP contribution is -2.44. The molecule has 1 saturated heterocycles. The van der Waals surface area contributed by atoms with Gasteiger partial charge in [-0.15, -0.1) is 0 Å². The van der Waals surface area contributed by atoms with Crippen molar-refractivity contribution in [1.29, 1.82) is 0 Å². The number of nitrogens with zero attached hydrogens (tertiary/aromatic N) is 1. The Bertz CT molecular complexity index is 560. The van der Waals surface area contributed by atoms with Gasteiger partial charge in [0.05, 0.1) is 5.54 Å². The summed E-state index contributed by atoms with van der Waals surface area (Å²) in [6.45, 7) is 0.957. The highest BCUT2D eigenvalue weighted by Crippen LogP contribution is 2.53. The maximum atomic E-state index is 12.8. The Hall–Kier alpha value is -1.57. The van der Waals surface area contributed by atoms with Crippen LogP contribution in [0.15, 0.2) is 35.9 Å². The monoisotopic (exact) mass is 253 g/mol. The van der Waals surface area contributed by atoms with Crippen LogP contribution in [-0.2, 0) is 4.79 Å². The van der Waals surface area contributed by atoms with Crippen LogP contribution < -0.4 is 0 Å². The molecule has 1 saturated carbocycles. The Kier molecular flexibility index (Phi) is 2.35. The molecule has 1 aliphatic carbocycles. The maximum Gasteiger partial charge on any atom is 0.255 e. The molecule has 1 aromatic rings. The molecule has 2 aliphatic heterocycles. The highest BCUT2D eigenvalue weighted by Gasteiger charge is 2.54. The lowest BCUT2D eigenvalue weighted by atomic mass is 9.75. The van der Waals surface area contributed by atoms with E-state index in [0.29, 0.717) is 5.91 Å². The van der Waals surface area contributed by atoms with Crippen LogP contribution >= 0.6 is 0 Å². The Labute approximate surface area is 114 Å². The summed E-state index contributed by atoms with van der Waals surface area (Å²) in [5.74, 6) is 0.292. The van der Waals surface area contributed by atoms with Gasteiger partial charge in [0.1, 0.15) is 0 Å². The molecular weight excluding hydrogens is 234 g/mol. The number of rotatable bonds is 1. The van der Waals surface area contributed by atoms with Gasteiger partial charge in [-0.2, -0.15) is 0 Å². The van der Waals surface area contributed by atoms with Crippen LogP contribution in [0.1, 0.15) is 44.1 Å². The van der Waals surface area contributed by atoms with Crippen molar-refractivity contribution in [1.82, 2.24) is 4.90 Å². The fourth-order valence-corrected chi connectivity index (χ4v) is 4.38. The van der Waals surface area contributed by atoms with Crippen molar-refractivity contribution in [3.63, 3.8) is 0 Å². The SMILES string of the molecule is O=C1C(c2ccccc2)=C2CCCCC23CCCN13. The van der Waals surface area contributed by atoms with Gasteiger partial charge in [0.25, 0.3) is 5.91 Å². The third-order valence-electron chi connectivity index (χ3n) is 5.14. The molecule has 3 aliphatic rings. The first-order chi connectivity index (χ1) is 9.33. The lowest BCUT2D eigenvalue weighted by Gasteiger charge is -2.38. The third kappa shape index (κ3) is 1.40. The van der Waals surface area contributed by atoms with Crippen LogP contribution in [0.25, 0.3) is 5.57 Å². The van der Waals surface area contributed by atoms with Crippen LogP contribution in [0.5, 0.6) is 0 Å². The first-order valence-electron chi connectivity index (χ1n) is 7.44. The highest BCUT2D eigenvalue weighted by atomic mass is 16.2. The summed E-state index contributed by atoms with van der Waals surface area (Å²) in [6.07, 6.45) is 7.18. The molecule has 2 heterocycles. The minimum Gasteiger partial charge on any atom is -0.329 e. The number of benzene rings is 1. The Morgan fingerprint density at radius 1 is 1.00 bits per heavy atom. The van der Waals surface area contributed by atoms with Gasteiger partial charge in [0.2, 0.25) is 0 Å². The van der Waals surface area contributed by atoms with Crippen LogP contribution in [-0.4, -0.2) is 22.9 Å². The second-order valence-corrected chi connectivity index (χ2v) is 6.02. The molecule has 4 rings (SSSR count). The van der Waals surface area contributed by atoms with E-state index in [1.54, 1.807) is 0 Å². The molecule has 2 heteroatoms. The average Bonchev–Trinajstić information content (AvgIpc) is 2.95. The lowest BCUT2D eigenvalue weighted by molar-refractivity contribution is -0.126. The van der Waals surface area contributed by atoms with E-state index < -0.39 is 0 Å². The summed E-state index contributed by atoms with van der Waals surface area (Å²) in [4.78, 5) is 15.0. The van der Waals surface area contributed by atoms with Gasteiger partial charge in [0, 0.05) is 12.1 Å². The summed E-state index contributed by atoms with van der Waals surface area (Å²) in [7, 11) is 0. The fourth-order valence-electron chi connectivity index (χ4n) is 4.38. The van der Waals surface area contributed by atoms with Crippen molar-refractivity contribution in [2.45, 2.75) is 44.1 Å². The predicted octanol–water partition coefficient (Wildman–Crippen LogP) is 3.39. The quantitative estimate of drug-likeness (QED) is 0.751. The van der Waals surface area contributed by atoms with Gasteiger partial charge in [0.15, 0.2) is 0 Å². The van der Waals surface area contributed by atoms with E-state index in [4.69, 9.17) is 0 Å². The average molecular weight is 253 g/mol. The van der Waals surface area contributed by atoms with Crippen molar-refractivity contribution in [3.05, 3.63) is 41.5 Å². The van der Waals surface area contributed by atoms with Gasteiger partial charge in [-0.25, -0.2) is 0 Å². The minimum atomic E-state index is 0.112. The second kappa shape index (κ2) is 3.96. The fraction of sp³-hybridized carbons (Fsp3) is 0.471. The van der Waals surface area contributed by atoms with E-state index in [1.165, 1.54) is 37.7 Å². The number of hydrogen-bond acceptors (Lipinski definition) is 1. The van der Waals surface area contributed by atoms with E-state index >= 15 is 0 Å². The molecule has 2 nitrogen and oxygen atoms in total. The Balaban J connectivity index is 1.91. The molecule has 98 valence electrons. The van der Waals surface area contributed by atoms with E-state index in [2.05, 4.69) is 17.0 Å². The Morgan fingerprint density at radius 2 is 1.79 bits per heavy atom. The topological polar surface area (TPSA) is 20.3 Å². The zero-order valence-corrected chi connectivity index (χ0v) is 11.2. The molecule has 1 amide bonds. The molecule has 1 atom stereocenters. The summed E-state index contributed by atoms with van der Waals surface area (Å²) in [6, 6.07) is 10.3. The summed E-state index contributed by atoms with van der Waals surface area (Å²) < 4.78 is 0. The first-order valence-corrected chi connectivity index (χ1v) is 7.44. The van der Waals surface area contributed by atoms with E-state index in [-0.39, 0.29) is 5.54 Å². The summed E-state index contributed by atoms with van der Waals surface area (Å²) >= 11 is 0. The van der Waals surface area contributed by atoms with E-state index in [0.717, 1.165) is 24.1 Å². The second-order valence-electron chi connectivity index (χ2n) is 6.02. The van der Waals surface area contributed by atoms with Crippen LogP contribution in [0, 0.1) is 0 Å². The summed E-state index contributed by atoms with van der Waals surface area (Å²) in [5, 5.41) is 0. The van der Waals surface area contributed by atoms with Crippen molar-refractivity contribution < 1.29 is 4.79 Å². The van der Waals surface area contributed by atoms with Crippen molar-refractivity contribution in [3.8, 4) is 0 Å². The predicted molar refractivity (Wildman–Crippen MR) is 75.5 cm³/mol. The van der Waals surface area contributed by atoms with Crippen LogP contribution in [0.2, 0.25) is 0 Å². The molecular formula is C17H19NO. The van der Waals surface area contributed by atoms with Gasteiger partial charge in [-0.3, -0.25) is 4.79 Å².